The highest BCUT2D eigenvalue weighted by Gasteiger charge is 2.32. The van der Waals surface area contributed by atoms with E-state index in [-0.39, 0.29) is 0 Å². The summed E-state index contributed by atoms with van der Waals surface area (Å²) in [4.78, 5) is 4.38. The van der Waals surface area contributed by atoms with Crippen molar-refractivity contribution in [2.75, 3.05) is 11.9 Å². The van der Waals surface area contributed by atoms with Crippen LogP contribution in [-0.4, -0.2) is 21.3 Å². The van der Waals surface area contributed by atoms with Gasteiger partial charge in [0.05, 0.1) is 6.04 Å². The standard InChI is InChI=1S/C10H16N4/c1-7-12-10-11-6-8-4-2-3-5-9(8)14(10)13-7/h8-9H,2-6H2,1H3,(H,11,12,13). The van der Waals surface area contributed by atoms with Crippen molar-refractivity contribution in [3.05, 3.63) is 5.82 Å². The van der Waals surface area contributed by atoms with Crippen LogP contribution in [-0.2, 0) is 0 Å². The lowest BCUT2D eigenvalue weighted by atomic mass is 9.84. The molecule has 1 saturated carbocycles. The molecule has 2 atom stereocenters. The third-order valence-electron chi connectivity index (χ3n) is 3.44. The number of anilines is 1. The van der Waals surface area contributed by atoms with E-state index in [9.17, 15) is 0 Å². The Balaban J connectivity index is 1.98. The molecule has 0 saturated heterocycles. The summed E-state index contributed by atoms with van der Waals surface area (Å²) in [5, 5.41) is 7.85. The lowest BCUT2D eigenvalue weighted by Gasteiger charge is -2.36. The summed E-state index contributed by atoms with van der Waals surface area (Å²) >= 11 is 0. The van der Waals surface area contributed by atoms with Crippen molar-refractivity contribution in [2.45, 2.75) is 38.6 Å². The van der Waals surface area contributed by atoms with E-state index >= 15 is 0 Å². The minimum absolute atomic E-state index is 0.612. The summed E-state index contributed by atoms with van der Waals surface area (Å²) in [7, 11) is 0. The van der Waals surface area contributed by atoms with Crippen LogP contribution in [0.1, 0.15) is 37.5 Å². The lowest BCUT2D eigenvalue weighted by molar-refractivity contribution is 0.221. The van der Waals surface area contributed by atoms with Crippen molar-refractivity contribution >= 4 is 5.95 Å². The maximum Gasteiger partial charge on any atom is 0.221 e. The fraction of sp³-hybridized carbons (Fsp3) is 0.800. The fourth-order valence-corrected chi connectivity index (χ4v) is 2.75. The fourth-order valence-electron chi connectivity index (χ4n) is 2.75. The maximum absolute atomic E-state index is 4.48. The number of nitrogens with zero attached hydrogens (tertiary/aromatic N) is 3. The number of aryl methyl sites for hydroxylation is 1. The molecule has 14 heavy (non-hydrogen) atoms. The van der Waals surface area contributed by atoms with Gasteiger partial charge in [-0.2, -0.15) is 10.1 Å². The van der Waals surface area contributed by atoms with Gasteiger partial charge in [-0.05, 0) is 25.7 Å². The molecule has 2 unspecified atom stereocenters. The summed E-state index contributed by atoms with van der Waals surface area (Å²) in [6.07, 6.45) is 5.35. The number of nitrogens with one attached hydrogen (secondary N) is 1. The third kappa shape index (κ3) is 1.13. The van der Waals surface area contributed by atoms with E-state index in [2.05, 4.69) is 20.1 Å². The Hall–Kier alpha value is -1.06. The van der Waals surface area contributed by atoms with Gasteiger partial charge < -0.3 is 5.32 Å². The number of fused-ring (bicyclic) bond motifs is 3. The summed E-state index contributed by atoms with van der Waals surface area (Å²) < 4.78 is 2.11. The van der Waals surface area contributed by atoms with Crippen LogP contribution in [0.25, 0.3) is 0 Å². The van der Waals surface area contributed by atoms with Crippen molar-refractivity contribution in [1.29, 1.82) is 0 Å². The van der Waals surface area contributed by atoms with Gasteiger partial charge in [0.1, 0.15) is 5.82 Å². The number of rotatable bonds is 0. The van der Waals surface area contributed by atoms with E-state index in [0.29, 0.717) is 6.04 Å². The van der Waals surface area contributed by atoms with E-state index in [1.807, 2.05) is 6.92 Å². The average Bonchev–Trinajstić information content (AvgIpc) is 2.59. The van der Waals surface area contributed by atoms with E-state index in [1.54, 1.807) is 0 Å². The first-order chi connectivity index (χ1) is 6.84. The van der Waals surface area contributed by atoms with Crippen LogP contribution in [0, 0.1) is 12.8 Å². The SMILES string of the molecule is Cc1nc2n(n1)C1CCCCC1CN2. The predicted molar refractivity (Wildman–Crippen MR) is 54.2 cm³/mol. The molecule has 1 aliphatic carbocycles. The average molecular weight is 192 g/mol. The number of hydrogen-bond acceptors (Lipinski definition) is 3. The molecule has 0 bridgehead atoms. The van der Waals surface area contributed by atoms with E-state index < -0.39 is 0 Å². The zero-order valence-corrected chi connectivity index (χ0v) is 8.53. The summed E-state index contributed by atoms with van der Waals surface area (Å²) in [5.74, 6) is 2.64. The molecular formula is C10H16N4. The molecular weight excluding hydrogens is 176 g/mol. The molecule has 4 nitrogen and oxygen atoms in total. The molecule has 1 N–H and O–H groups in total. The van der Waals surface area contributed by atoms with Gasteiger partial charge >= 0.3 is 0 Å². The Kier molecular flexibility index (Phi) is 1.75. The molecule has 1 aliphatic heterocycles. The molecule has 1 aromatic heterocycles. The summed E-state index contributed by atoms with van der Waals surface area (Å²) in [6, 6.07) is 0.612. The zero-order valence-electron chi connectivity index (χ0n) is 8.53. The molecule has 0 radical (unpaired) electrons. The largest absolute Gasteiger partial charge is 0.354 e. The normalized spacial score (nSPS) is 30.4. The highest BCUT2D eigenvalue weighted by atomic mass is 15.4. The Morgan fingerprint density at radius 3 is 3.14 bits per heavy atom. The van der Waals surface area contributed by atoms with Crippen LogP contribution in [0.5, 0.6) is 0 Å². The van der Waals surface area contributed by atoms with Crippen LogP contribution < -0.4 is 5.32 Å². The molecule has 1 fully saturated rings. The van der Waals surface area contributed by atoms with Crippen LogP contribution >= 0.6 is 0 Å². The summed E-state index contributed by atoms with van der Waals surface area (Å²) in [6.45, 7) is 3.05. The molecule has 2 heterocycles. The Bertz CT molecular complexity index is 344. The first kappa shape index (κ1) is 8.26. The molecule has 76 valence electrons. The summed E-state index contributed by atoms with van der Waals surface area (Å²) in [5.41, 5.74) is 0. The number of hydrogen-bond donors (Lipinski definition) is 1. The van der Waals surface area contributed by atoms with Crippen molar-refractivity contribution in [3.8, 4) is 0 Å². The minimum atomic E-state index is 0.612. The minimum Gasteiger partial charge on any atom is -0.354 e. The van der Waals surface area contributed by atoms with Gasteiger partial charge in [-0.25, -0.2) is 4.68 Å². The molecule has 3 rings (SSSR count). The quantitative estimate of drug-likeness (QED) is 0.681. The monoisotopic (exact) mass is 192 g/mol. The van der Waals surface area contributed by atoms with E-state index in [4.69, 9.17) is 0 Å². The molecule has 0 amide bonds. The van der Waals surface area contributed by atoms with Crippen molar-refractivity contribution in [2.24, 2.45) is 5.92 Å². The highest BCUT2D eigenvalue weighted by Crippen LogP contribution is 2.37. The second kappa shape index (κ2) is 2.97. The molecule has 4 heteroatoms. The van der Waals surface area contributed by atoms with Crippen molar-refractivity contribution < 1.29 is 0 Å². The zero-order chi connectivity index (χ0) is 9.54. The van der Waals surface area contributed by atoms with Crippen molar-refractivity contribution in [3.63, 3.8) is 0 Å². The Morgan fingerprint density at radius 2 is 2.21 bits per heavy atom. The smallest absolute Gasteiger partial charge is 0.221 e. The lowest BCUT2D eigenvalue weighted by Crippen LogP contribution is -2.35. The molecule has 0 spiro atoms. The van der Waals surface area contributed by atoms with Crippen LogP contribution in [0.4, 0.5) is 5.95 Å². The van der Waals surface area contributed by atoms with Gasteiger partial charge in [0.25, 0.3) is 0 Å². The van der Waals surface area contributed by atoms with Crippen LogP contribution in [0.15, 0.2) is 0 Å². The third-order valence-corrected chi connectivity index (χ3v) is 3.44. The van der Waals surface area contributed by atoms with Gasteiger partial charge in [0, 0.05) is 6.54 Å². The first-order valence-corrected chi connectivity index (χ1v) is 5.51. The van der Waals surface area contributed by atoms with Gasteiger partial charge in [0.15, 0.2) is 0 Å². The van der Waals surface area contributed by atoms with Gasteiger partial charge in [0.2, 0.25) is 5.95 Å². The van der Waals surface area contributed by atoms with Gasteiger partial charge in [-0.1, -0.05) is 12.8 Å². The Labute approximate surface area is 83.7 Å². The Morgan fingerprint density at radius 1 is 1.36 bits per heavy atom. The van der Waals surface area contributed by atoms with Gasteiger partial charge in [-0.3, -0.25) is 0 Å². The van der Waals surface area contributed by atoms with Gasteiger partial charge in [-0.15, -0.1) is 0 Å². The highest BCUT2D eigenvalue weighted by molar-refractivity contribution is 5.28. The maximum atomic E-state index is 4.48. The first-order valence-electron chi connectivity index (χ1n) is 5.51. The second-order valence-corrected chi connectivity index (χ2v) is 4.42. The van der Waals surface area contributed by atoms with Crippen LogP contribution in [0.3, 0.4) is 0 Å². The predicted octanol–water partition coefficient (Wildman–Crippen LogP) is 1.74. The van der Waals surface area contributed by atoms with E-state index in [1.165, 1.54) is 25.7 Å². The second-order valence-electron chi connectivity index (χ2n) is 4.42. The molecule has 0 aromatic carbocycles. The van der Waals surface area contributed by atoms with E-state index in [0.717, 1.165) is 24.2 Å². The van der Waals surface area contributed by atoms with Crippen molar-refractivity contribution in [1.82, 2.24) is 14.8 Å². The topological polar surface area (TPSA) is 42.7 Å². The number of aromatic nitrogens is 3. The van der Waals surface area contributed by atoms with Crippen LogP contribution in [0.2, 0.25) is 0 Å². The molecule has 2 aliphatic rings. The molecule has 1 aromatic rings.